The number of amides is 1. The number of aromatic amines is 1. The second-order valence-electron chi connectivity index (χ2n) is 7.82. The maximum absolute atomic E-state index is 13.1. The Morgan fingerprint density at radius 3 is 2.57 bits per heavy atom. The van der Waals surface area contributed by atoms with E-state index in [0.717, 1.165) is 38.9 Å². The van der Waals surface area contributed by atoms with Crippen molar-refractivity contribution in [3.63, 3.8) is 0 Å². The molecule has 3 rings (SSSR count). The Morgan fingerprint density at radius 1 is 1.21 bits per heavy atom. The zero-order valence-electron chi connectivity index (χ0n) is 16.9. The van der Waals surface area contributed by atoms with Crippen molar-refractivity contribution in [1.82, 2.24) is 24.7 Å². The molecule has 28 heavy (non-hydrogen) atoms. The van der Waals surface area contributed by atoms with Gasteiger partial charge in [-0.1, -0.05) is 0 Å². The number of nitrogens with zero attached hydrogens (tertiary/aromatic N) is 3. The molecule has 10 heteroatoms. The molecule has 2 N–H and O–H groups in total. The minimum atomic E-state index is -3.64. The van der Waals surface area contributed by atoms with Gasteiger partial charge in [0, 0.05) is 26.2 Å². The van der Waals surface area contributed by atoms with Crippen molar-refractivity contribution < 1.29 is 13.2 Å². The summed E-state index contributed by atoms with van der Waals surface area (Å²) in [5.74, 6) is 0.332. The molecule has 2 aliphatic heterocycles. The molecule has 2 aliphatic rings. The van der Waals surface area contributed by atoms with Crippen molar-refractivity contribution in [2.75, 3.05) is 39.8 Å². The quantitative estimate of drug-likeness (QED) is 0.729. The highest BCUT2D eigenvalue weighted by Crippen LogP contribution is 2.28. The minimum absolute atomic E-state index is 0. The molecule has 2 saturated heterocycles. The Labute approximate surface area is 173 Å². The summed E-state index contributed by atoms with van der Waals surface area (Å²) in [6.45, 7) is 6.59. The van der Waals surface area contributed by atoms with Crippen molar-refractivity contribution >= 4 is 28.3 Å². The first-order valence-corrected chi connectivity index (χ1v) is 11.2. The topological polar surface area (TPSA) is 98.4 Å². The molecular weight excluding hydrogens is 402 g/mol. The van der Waals surface area contributed by atoms with Gasteiger partial charge in [-0.15, -0.1) is 12.4 Å². The first kappa shape index (κ1) is 23.1. The van der Waals surface area contributed by atoms with E-state index in [1.165, 1.54) is 4.31 Å². The van der Waals surface area contributed by atoms with Gasteiger partial charge in [0.2, 0.25) is 15.9 Å². The highest BCUT2D eigenvalue weighted by atomic mass is 35.5. The predicted molar refractivity (Wildman–Crippen MR) is 110 cm³/mol. The molecule has 1 amide bonds. The normalized spacial score (nSPS) is 24.0. The molecule has 8 nitrogen and oxygen atoms in total. The van der Waals surface area contributed by atoms with Gasteiger partial charge in [-0.3, -0.25) is 9.89 Å². The first-order valence-electron chi connectivity index (χ1n) is 9.79. The van der Waals surface area contributed by atoms with Crippen LogP contribution in [0, 0.1) is 25.7 Å². The fourth-order valence-corrected chi connectivity index (χ4v) is 6.25. The molecule has 3 heterocycles. The van der Waals surface area contributed by atoms with Gasteiger partial charge >= 0.3 is 0 Å². The Morgan fingerprint density at radius 2 is 1.93 bits per heavy atom. The number of hydrogen-bond acceptors (Lipinski definition) is 5. The second-order valence-corrected chi connectivity index (χ2v) is 9.69. The number of aryl methyl sites for hydroxylation is 2. The smallest absolute Gasteiger partial charge is 0.246 e. The third kappa shape index (κ3) is 4.69. The molecule has 0 saturated carbocycles. The van der Waals surface area contributed by atoms with E-state index in [-0.39, 0.29) is 35.7 Å². The largest absolute Gasteiger partial charge is 0.342 e. The van der Waals surface area contributed by atoms with Crippen LogP contribution in [0.1, 0.15) is 37.1 Å². The lowest BCUT2D eigenvalue weighted by atomic mass is 9.93. The standard InChI is InChI=1S/C18H31N5O3S.ClH/c1-13-17(14(2)21-20-13)27(25,26)23-9-5-7-16(12-23)18(24)22-8-4-6-15(11-22)10-19-3;/h15-16,19H,4-12H2,1-3H3,(H,20,21);1H. The van der Waals surface area contributed by atoms with E-state index in [9.17, 15) is 13.2 Å². The van der Waals surface area contributed by atoms with Crippen molar-refractivity contribution in [2.24, 2.45) is 11.8 Å². The van der Waals surface area contributed by atoms with Gasteiger partial charge in [0.15, 0.2) is 0 Å². The summed E-state index contributed by atoms with van der Waals surface area (Å²) in [5.41, 5.74) is 1.03. The zero-order valence-corrected chi connectivity index (χ0v) is 18.5. The van der Waals surface area contributed by atoms with E-state index in [4.69, 9.17) is 0 Å². The number of sulfonamides is 1. The molecule has 0 bridgehead atoms. The minimum Gasteiger partial charge on any atom is -0.342 e. The van der Waals surface area contributed by atoms with Crippen LogP contribution < -0.4 is 5.32 Å². The Bertz CT molecular complexity index is 761. The van der Waals surface area contributed by atoms with Crippen molar-refractivity contribution in [2.45, 2.75) is 44.4 Å². The second kappa shape index (κ2) is 9.56. The highest BCUT2D eigenvalue weighted by molar-refractivity contribution is 7.89. The summed E-state index contributed by atoms with van der Waals surface area (Å²) in [6, 6.07) is 0. The zero-order chi connectivity index (χ0) is 19.6. The molecule has 1 aromatic rings. The maximum Gasteiger partial charge on any atom is 0.246 e. The number of halogens is 1. The number of likely N-dealkylation sites (tertiary alicyclic amines) is 1. The average Bonchev–Trinajstić information content (AvgIpc) is 3.01. The lowest BCUT2D eigenvalue weighted by Crippen LogP contribution is -2.50. The van der Waals surface area contributed by atoms with Crippen LogP contribution in [0.4, 0.5) is 0 Å². The Balaban J connectivity index is 0.00000280. The fraction of sp³-hybridized carbons (Fsp3) is 0.778. The van der Waals surface area contributed by atoms with E-state index in [1.807, 2.05) is 11.9 Å². The molecule has 0 aliphatic carbocycles. The van der Waals surface area contributed by atoms with Crippen LogP contribution in [0.15, 0.2) is 4.90 Å². The summed E-state index contributed by atoms with van der Waals surface area (Å²) < 4.78 is 27.7. The van der Waals surface area contributed by atoms with Crippen molar-refractivity contribution in [3.8, 4) is 0 Å². The van der Waals surface area contributed by atoms with E-state index in [0.29, 0.717) is 30.3 Å². The summed E-state index contributed by atoms with van der Waals surface area (Å²) >= 11 is 0. The third-order valence-electron chi connectivity index (χ3n) is 5.72. The fourth-order valence-electron chi connectivity index (χ4n) is 4.39. The van der Waals surface area contributed by atoms with Crippen LogP contribution in [0.3, 0.4) is 0 Å². The number of piperidine rings is 2. The van der Waals surface area contributed by atoms with Gasteiger partial charge in [0.1, 0.15) is 4.90 Å². The molecule has 0 spiro atoms. The number of hydrogen-bond donors (Lipinski definition) is 2. The number of H-pyrrole nitrogens is 1. The van der Waals surface area contributed by atoms with E-state index < -0.39 is 10.0 Å². The Kier molecular flexibility index (Phi) is 7.89. The lowest BCUT2D eigenvalue weighted by molar-refractivity contribution is -0.138. The molecule has 2 atom stereocenters. The van der Waals surface area contributed by atoms with Gasteiger partial charge in [0.25, 0.3) is 0 Å². The monoisotopic (exact) mass is 433 g/mol. The molecule has 160 valence electrons. The molecule has 0 radical (unpaired) electrons. The third-order valence-corrected chi connectivity index (χ3v) is 7.84. The van der Waals surface area contributed by atoms with Crippen LogP contribution >= 0.6 is 12.4 Å². The average molecular weight is 434 g/mol. The van der Waals surface area contributed by atoms with Crippen molar-refractivity contribution in [1.29, 1.82) is 0 Å². The van der Waals surface area contributed by atoms with E-state index in [2.05, 4.69) is 15.5 Å². The SMILES string of the molecule is CNCC1CCCN(C(=O)C2CCCN(S(=O)(=O)c3c(C)n[nH]c3C)C2)C1.Cl. The van der Waals surface area contributed by atoms with Crippen LogP contribution in [0.25, 0.3) is 0 Å². The number of rotatable bonds is 5. The van der Waals surface area contributed by atoms with Crippen LogP contribution in [0.5, 0.6) is 0 Å². The van der Waals surface area contributed by atoms with Gasteiger partial charge in [-0.2, -0.15) is 9.40 Å². The number of nitrogens with one attached hydrogen (secondary N) is 2. The van der Waals surface area contributed by atoms with Crippen LogP contribution in [-0.2, 0) is 14.8 Å². The predicted octanol–water partition coefficient (Wildman–Crippen LogP) is 1.31. The maximum atomic E-state index is 13.1. The molecular formula is C18H32ClN5O3S. The summed E-state index contributed by atoms with van der Waals surface area (Å²) in [6.07, 6.45) is 3.61. The summed E-state index contributed by atoms with van der Waals surface area (Å²) in [7, 11) is -1.70. The highest BCUT2D eigenvalue weighted by Gasteiger charge is 2.37. The van der Waals surface area contributed by atoms with Crippen LogP contribution in [0.2, 0.25) is 0 Å². The van der Waals surface area contributed by atoms with Gasteiger partial charge in [0.05, 0.1) is 17.3 Å². The number of aromatic nitrogens is 2. The lowest BCUT2D eigenvalue weighted by Gasteiger charge is -2.38. The van der Waals surface area contributed by atoms with E-state index in [1.54, 1.807) is 13.8 Å². The summed E-state index contributed by atoms with van der Waals surface area (Å²) in [5, 5.41) is 9.96. The van der Waals surface area contributed by atoms with E-state index >= 15 is 0 Å². The van der Waals surface area contributed by atoms with Gasteiger partial charge < -0.3 is 10.2 Å². The number of carbonyl (C=O) groups excluding carboxylic acids is 1. The molecule has 0 aromatic carbocycles. The Hall–Kier alpha value is -1.16. The molecule has 2 fully saturated rings. The molecule has 1 aromatic heterocycles. The first-order chi connectivity index (χ1) is 12.8. The van der Waals surface area contributed by atoms with Crippen LogP contribution in [-0.4, -0.2) is 73.5 Å². The van der Waals surface area contributed by atoms with Crippen molar-refractivity contribution in [3.05, 3.63) is 11.4 Å². The number of carbonyl (C=O) groups is 1. The van der Waals surface area contributed by atoms with Gasteiger partial charge in [-0.25, -0.2) is 8.42 Å². The molecule has 2 unspecified atom stereocenters. The summed E-state index contributed by atoms with van der Waals surface area (Å²) in [4.78, 5) is 15.3. The van der Waals surface area contributed by atoms with Gasteiger partial charge in [-0.05, 0) is 59.0 Å².